The number of hydrogen-bond acceptors (Lipinski definition) is 3. The van der Waals surface area contributed by atoms with E-state index in [1.54, 1.807) is 24.3 Å². The van der Waals surface area contributed by atoms with Crippen LogP contribution in [0.25, 0.3) is 0 Å². The van der Waals surface area contributed by atoms with Gasteiger partial charge in [0.1, 0.15) is 11.4 Å². The number of benzene rings is 2. The zero-order valence-corrected chi connectivity index (χ0v) is 18.7. The fourth-order valence-corrected chi connectivity index (χ4v) is 5.16. The van der Waals surface area contributed by atoms with Crippen LogP contribution in [0.15, 0.2) is 66.9 Å². The molecule has 8 heteroatoms. The van der Waals surface area contributed by atoms with Gasteiger partial charge in [-0.3, -0.25) is 4.79 Å². The van der Waals surface area contributed by atoms with Crippen molar-refractivity contribution in [3.63, 3.8) is 0 Å². The number of nitrogens with zero attached hydrogens (tertiary/aromatic N) is 3. The lowest BCUT2D eigenvalue weighted by atomic mass is 9.96. The van der Waals surface area contributed by atoms with Gasteiger partial charge < -0.3 is 10.2 Å². The molecule has 3 aromatic rings. The third kappa shape index (κ3) is 4.41. The maximum atomic E-state index is 14.0. The fraction of sp³-hybridized carbons (Fsp3) is 0.385. The number of rotatable bonds is 5. The van der Waals surface area contributed by atoms with E-state index in [1.165, 1.54) is 11.8 Å². The van der Waals surface area contributed by atoms with Crippen LogP contribution in [0, 0.1) is 0 Å². The highest BCUT2D eigenvalue weighted by molar-refractivity contribution is 5.99. The number of fused-ring (bicyclic) bond motifs is 1. The van der Waals surface area contributed by atoms with Crippen molar-refractivity contribution in [2.45, 2.75) is 56.4 Å². The first-order valence-corrected chi connectivity index (χ1v) is 11.7. The number of amides is 1. The number of aryl methyl sites for hydroxylation is 1. The molecule has 0 bridgehead atoms. The molecule has 0 saturated carbocycles. The Kier molecular flexibility index (Phi) is 6.06. The van der Waals surface area contributed by atoms with Crippen LogP contribution in [-0.4, -0.2) is 39.4 Å². The van der Waals surface area contributed by atoms with Crippen LogP contribution < -0.4 is 5.32 Å². The van der Waals surface area contributed by atoms with Gasteiger partial charge in [0, 0.05) is 19.0 Å². The smallest absolute Gasteiger partial charge is 0.363 e. The summed E-state index contributed by atoms with van der Waals surface area (Å²) >= 11 is 0. The number of alkyl halides is 3. The predicted molar refractivity (Wildman–Crippen MR) is 124 cm³/mol. The molecule has 0 aliphatic carbocycles. The Balaban J connectivity index is 1.40. The van der Waals surface area contributed by atoms with Gasteiger partial charge in [-0.25, -0.2) is 4.68 Å². The Labute approximate surface area is 196 Å². The lowest BCUT2D eigenvalue weighted by Gasteiger charge is -2.34. The minimum atomic E-state index is -4.47. The van der Waals surface area contributed by atoms with E-state index < -0.39 is 18.3 Å². The van der Waals surface area contributed by atoms with Gasteiger partial charge in [0.05, 0.1) is 12.2 Å². The van der Waals surface area contributed by atoms with Gasteiger partial charge in [-0.05, 0) is 36.8 Å². The molecule has 1 fully saturated rings. The maximum Gasteiger partial charge on any atom is 0.410 e. The van der Waals surface area contributed by atoms with Crippen molar-refractivity contribution in [3.05, 3.63) is 83.6 Å². The number of hydrogen-bond donors (Lipinski definition) is 1. The largest absolute Gasteiger partial charge is 0.410 e. The minimum absolute atomic E-state index is 0.0650. The van der Waals surface area contributed by atoms with E-state index in [0.717, 1.165) is 35.9 Å². The number of carbonyl (C=O) groups is 1. The van der Waals surface area contributed by atoms with Gasteiger partial charge in [-0.1, -0.05) is 60.7 Å². The normalized spacial score (nSPS) is 22.3. The Morgan fingerprint density at radius 1 is 1.06 bits per heavy atom. The molecule has 178 valence electrons. The summed E-state index contributed by atoms with van der Waals surface area (Å²) in [6, 6.07) is 16.9. The second kappa shape index (κ2) is 9.16. The molecule has 2 aliphatic rings. The Morgan fingerprint density at radius 2 is 1.76 bits per heavy atom. The number of carbonyl (C=O) groups excluding carboxylic acids is 1. The molecular weight excluding hydrogens is 441 g/mol. The first-order chi connectivity index (χ1) is 16.4. The van der Waals surface area contributed by atoms with E-state index in [2.05, 4.69) is 22.5 Å². The van der Waals surface area contributed by atoms with E-state index in [4.69, 9.17) is 0 Å². The Bertz CT molecular complexity index is 1130. The van der Waals surface area contributed by atoms with E-state index in [1.807, 2.05) is 29.2 Å². The first-order valence-electron chi connectivity index (χ1n) is 11.7. The highest BCUT2D eigenvalue weighted by Crippen LogP contribution is 2.44. The van der Waals surface area contributed by atoms with Crippen LogP contribution in [0.3, 0.4) is 0 Å². The molecule has 3 atom stereocenters. The number of nitrogens with one attached hydrogen (secondary N) is 1. The van der Waals surface area contributed by atoms with E-state index in [9.17, 15) is 18.0 Å². The zero-order valence-electron chi connectivity index (χ0n) is 18.7. The van der Waals surface area contributed by atoms with Crippen molar-refractivity contribution >= 4 is 11.7 Å². The molecule has 0 radical (unpaired) electrons. The Morgan fingerprint density at radius 3 is 2.47 bits per heavy atom. The summed E-state index contributed by atoms with van der Waals surface area (Å²) in [6.45, 7) is 0.605. The van der Waals surface area contributed by atoms with Crippen LogP contribution in [-0.2, 0) is 6.42 Å². The highest BCUT2D eigenvalue weighted by Gasteiger charge is 2.47. The van der Waals surface area contributed by atoms with Gasteiger partial charge in [-0.2, -0.15) is 18.3 Å². The molecule has 34 heavy (non-hydrogen) atoms. The Hall–Kier alpha value is -3.29. The number of likely N-dealkylation sites (tertiary alicyclic amines) is 1. The van der Waals surface area contributed by atoms with Gasteiger partial charge in [0.2, 0.25) is 0 Å². The molecule has 1 N–H and O–H groups in total. The second-order valence-corrected chi connectivity index (χ2v) is 9.07. The third-order valence-corrected chi connectivity index (χ3v) is 6.92. The first kappa shape index (κ1) is 22.5. The van der Waals surface area contributed by atoms with Crippen LogP contribution in [0.2, 0.25) is 0 Å². The van der Waals surface area contributed by atoms with Gasteiger partial charge in [-0.15, -0.1) is 0 Å². The molecule has 1 amide bonds. The van der Waals surface area contributed by atoms with Crippen molar-refractivity contribution in [2.75, 3.05) is 11.9 Å². The average Bonchev–Trinajstić information content (AvgIpc) is 3.49. The molecule has 5 rings (SSSR count). The molecular formula is C26H27F3N4O. The van der Waals surface area contributed by atoms with Crippen LogP contribution in [0.1, 0.15) is 59.3 Å². The van der Waals surface area contributed by atoms with Gasteiger partial charge >= 0.3 is 6.18 Å². The summed E-state index contributed by atoms with van der Waals surface area (Å²) in [4.78, 5) is 15.4. The molecule has 3 unspecified atom stereocenters. The monoisotopic (exact) mass is 468 g/mol. The highest BCUT2D eigenvalue weighted by atomic mass is 19.4. The lowest BCUT2D eigenvalue weighted by Crippen LogP contribution is -2.38. The second-order valence-electron chi connectivity index (χ2n) is 9.07. The molecule has 1 aromatic heterocycles. The topological polar surface area (TPSA) is 50.2 Å². The summed E-state index contributed by atoms with van der Waals surface area (Å²) in [7, 11) is 0. The van der Waals surface area contributed by atoms with Crippen molar-refractivity contribution in [3.8, 4) is 0 Å². The van der Waals surface area contributed by atoms with Crippen molar-refractivity contribution < 1.29 is 18.0 Å². The van der Waals surface area contributed by atoms with Gasteiger partial charge in [0.25, 0.3) is 5.91 Å². The number of anilines is 1. The standard InChI is InChI=1S/C26H27F3N4O/c27-26(28,29)23-16-22(19-10-5-2-6-11-19)31-24-21(17-30-33(23)24)25(34)32-15-7-12-20(32)14-13-18-8-3-1-4-9-18/h1-6,8-11,17,20,22-23,31H,7,12-16H2. The van der Waals surface area contributed by atoms with E-state index >= 15 is 0 Å². The molecule has 2 aromatic carbocycles. The average molecular weight is 469 g/mol. The zero-order chi connectivity index (χ0) is 23.7. The summed E-state index contributed by atoms with van der Waals surface area (Å²) < 4.78 is 42.8. The molecule has 5 nitrogen and oxygen atoms in total. The minimum Gasteiger partial charge on any atom is -0.363 e. The van der Waals surface area contributed by atoms with Crippen LogP contribution in [0.4, 0.5) is 19.0 Å². The fourth-order valence-electron chi connectivity index (χ4n) is 5.16. The molecule has 2 aliphatic heterocycles. The van der Waals surface area contributed by atoms with E-state index in [-0.39, 0.29) is 29.8 Å². The van der Waals surface area contributed by atoms with Crippen molar-refractivity contribution in [1.82, 2.24) is 14.7 Å². The summed E-state index contributed by atoms with van der Waals surface area (Å²) in [6.07, 6.45) is 0.105. The SMILES string of the molecule is O=C(c1cnn2c1NC(c1ccccc1)CC2C(F)(F)F)N1CCCC1CCc1ccccc1. The number of halogens is 3. The van der Waals surface area contributed by atoms with E-state index in [0.29, 0.717) is 6.54 Å². The van der Waals surface area contributed by atoms with Crippen LogP contribution >= 0.6 is 0 Å². The third-order valence-electron chi connectivity index (χ3n) is 6.92. The molecule has 1 saturated heterocycles. The molecule has 0 spiro atoms. The summed E-state index contributed by atoms with van der Waals surface area (Å²) in [5.74, 6) is -0.0971. The predicted octanol–water partition coefficient (Wildman–Crippen LogP) is 5.78. The summed E-state index contributed by atoms with van der Waals surface area (Å²) in [5, 5.41) is 7.22. The lowest BCUT2D eigenvalue weighted by molar-refractivity contribution is -0.173. The van der Waals surface area contributed by atoms with Gasteiger partial charge in [0.15, 0.2) is 6.04 Å². The maximum absolute atomic E-state index is 14.0. The van der Waals surface area contributed by atoms with Crippen LogP contribution in [0.5, 0.6) is 0 Å². The quantitative estimate of drug-likeness (QED) is 0.516. The molecule has 3 heterocycles. The summed E-state index contributed by atoms with van der Waals surface area (Å²) in [5.41, 5.74) is 2.18. The van der Waals surface area contributed by atoms with Crippen molar-refractivity contribution in [2.24, 2.45) is 0 Å². The number of aromatic nitrogens is 2. The van der Waals surface area contributed by atoms with Crippen molar-refractivity contribution in [1.29, 1.82) is 0 Å².